The van der Waals surface area contributed by atoms with E-state index in [0.29, 0.717) is 5.92 Å². The van der Waals surface area contributed by atoms with E-state index in [-0.39, 0.29) is 0 Å². The summed E-state index contributed by atoms with van der Waals surface area (Å²) in [6, 6.07) is 10.5. The lowest BCUT2D eigenvalue weighted by Gasteiger charge is -2.19. The molecule has 0 amide bonds. The third kappa shape index (κ3) is 3.24. The Morgan fingerprint density at radius 2 is 1.93 bits per heavy atom. The molecule has 0 aliphatic rings. The van der Waals surface area contributed by atoms with Crippen molar-refractivity contribution in [1.29, 1.82) is 0 Å². The van der Waals surface area contributed by atoms with E-state index in [1.807, 2.05) is 6.07 Å². The molecule has 0 spiro atoms. The maximum Gasteiger partial charge on any atom is 0.0167 e. The highest BCUT2D eigenvalue weighted by Gasteiger charge is 2.10. The first-order valence-corrected chi connectivity index (χ1v) is 4.87. The van der Waals surface area contributed by atoms with Crippen molar-refractivity contribution in [3.8, 4) is 12.3 Å². The van der Waals surface area contributed by atoms with Crippen molar-refractivity contribution in [2.75, 3.05) is 20.6 Å². The van der Waals surface area contributed by atoms with Gasteiger partial charge in [-0.05, 0) is 19.7 Å². The van der Waals surface area contributed by atoms with Gasteiger partial charge in [-0.15, -0.1) is 12.3 Å². The molecule has 1 heteroatoms. The summed E-state index contributed by atoms with van der Waals surface area (Å²) < 4.78 is 0. The summed E-state index contributed by atoms with van der Waals surface area (Å²) in [6.07, 6.45) is 6.18. The number of rotatable bonds is 4. The van der Waals surface area contributed by atoms with Gasteiger partial charge in [-0.1, -0.05) is 30.3 Å². The van der Waals surface area contributed by atoms with E-state index in [2.05, 4.69) is 49.2 Å². The molecule has 0 heterocycles. The zero-order chi connectivity index (χ0) is 10.4. The van der Waals surface area contributed by atoms with E-state index >= 15 is 0 Å². The van der Waals surface area contributed by atoms with Crippen molar-refractivity contribution in [2.45, 2.75) is 12.3 Å². The molecule has 0 aliphatic heterocycles. The van der Waals surface area contributed by atoms with Crippen LogP contribution in [0.1, 0.15) is 17.9 Å². The Kier molecular flexibility index (Phi) is 4.22. The summed E-state index contributed by atoms with van der Waals surface area (Å²) in [5, 5.41) is 0. The molecule has 1 aromatic carbocycles. The van der Waals surface area contributed by atoms with Crippen LogP contribution in [0.5, 0.6) is 0 Å². The SMILES string of the molecule is C#CCC(CN(C)C)c1ccccc1. The van der Waals surface area contributed by atoms with Crippen LogP contribution in [-0.2, 0) is 0 Å². The number of terminal acetylenes is 1. The van der Waals surface area contributed by atoms with Crippen LogP contribution in [0, 0.1) is 12.3 Å². The minimum Gasteiger partial charge on any atom is -0.309 e. The van der Waals surface area contributed by atoms with E-state index in [0.717, 1.165) is 13.0 Å². The van der Waals surface area contributed by atoms with Crippen molar-refractivity contribution >= 4 is 0 Å². The predicted octanol–water partition coefficient (Wildman–Crippen LogP) is 2.36. The van der Waals surface area contributed by atoms with Crippen molar-refractivity contribution in [3.05, 3.63) is 35.9 Å². The highest BCUT2D eigenvalue weighted by atomic mass is 15.1. The number of hydrogen-bond donors (Lipinski definition) is 0. The molecule has 1 nitrogen and oxygen atoms in total. The van der Waals surface area contributed by atoms with Crippen LogP contribution in [0.3, 0.4) is 0 Å². The van der Waals surface area contributed by atoms with E-state index in [9.17, 15) is 0 Å². The van der Waals surface area contributed by atoms with Crippen LogP contribution in [0.4, 0.5) is 0 Å². The molecule has 0 aliphatic carbocycles. The Balaban J connectivity index is 2.73. The lowest BCUT2D eigenvalue weighted by atomic mass is 9.96. The van der Waals surface area contributed by atoms with Gasteiger partial charge < -0.3 is 4.90 Å². The molecule has 0 saturated carbocycles. The molecule has 1 atom stereocenters. The Bertz CT molecular complexity index is 295. The standard InChI is InChI=1S/C13H17N/c1-4-8-13(11-14(2)3)12-9-6-5-7-10-12/h1,5-7,9-10,13H,8,11H2,2-3H3. The van der Waals surface area contributed by atoms with Crippen molar-refractivity contribution in [1.82, 2.24) is 4.90 Å². The smallest absolute Gasteiger partial charge is 0.0167 e. The summed E-state index contributed by atoms with van der Waals surface area (Å²) in [6.45, 7) is 1.01. The molecular weight excluding hydrogens is 170 g/mol. The third-order valence-corrected chi connectivity index (χ3v) is 2.22. The van der Waals surface area contributed by atoms with Gasteiger partial charge in [0.1, 0.15) is 0 Å². The fraction of sp³-hybridized carbons (Fsp3) is 0.385. The molecule has 0 radical (unpaired) electrons. The molecule has 0 bridgehead atoms. The van der Waals surface area contributed by atoms with Gasteiger partial charge in [0.15, 0.2) is 0 Å². The van der Waals surface area contributed by atoms with Gasteiger partial charge in [0.25, 0.3) is 0 Å². The second-order valence-corrected chi connectivity index (χ2v) is 3.78. The quantitative estimate of drug-likeness (QED) is 0.654. The first-order valence-electron chi connectivity index (χ1n) is 4.87. The summed E-state index contributed by atoms with van der Waals surface area (Å²) in [4.78, 5) is 2.18. The largest absolute Gasteiger partial charge is 0.309 e. The second-order valence-electron chi connectivity index (χ2n) is 3.78. The highest BCUT2D eigenvalue weighted by molar-refractivity contribution is 5.21. The molecule has 0 saturated heterocycles. The molecule has 0 fully saturated rings. The minimum atomic E-state index is 0.455. The van der Waals surface area contributed by atoms with E-state index < -0.39 is 0 Å². The van der Waals surface area contributed by atoms with Gasteiger partial charge >= 0.3 is 0 Å². The van der Waals surface area contributed by atoms with E-state index in [1.54, 1.807) is 0 Å². The summed E-state index contributed by atoms with van der Waals surface area (Å²) in [7, 11) is 4.15. The molecule has 14 heavy (non-hydrogen) atoms. The number of nitrogens with zero attached hydrogens (tertiary/aromatic N) is 1. The zero-order valence-corrected chi connectivity index (χ0v) is 8.90. The van der Waals surface area contributed by atoms with Crippen molar-refractivity contribution in [3.63, 3.8) is 0 Å². The summed E-state index contributed by atoms with van der Waals surface area (Å²) >= 11 is 0. The lowest BCUT2D eigenvalue weighted by Crippen LogP contribution is -2.20. The Labute approximate surface area is 86.7 Å². The average molecular weight is 187 g/mol. The molecule has 0 N–H and O–H groups in total. The van der Waals surface area contributed by atoms with E-state index in [1.165, 1.54) is 5.56 Å². The number of benzene rings is 1. The van der Waals surface area contributed by atoms with Crippen LogP contribution in [0.25, 0.3) is 0 Å². The normalized spacial score (nSPS) is 12.4. The Morgan fingerprint density at radius 3 is 2.43 bits per heavy atom. The fourth-order valence-corrected chi connectivity index (χ4v) is 1.60. The molecule has 1 aromatic rings. The van der Waals surface area contributed by atoms with Gasteiger partial charge in [-0.25, -0.2) is 0 Å². The van der Waals surface area contributed by atoms with Crippen LogP contribution in [-0.4, -0.2) is 25.5 Å². The number of likely N-dealkylation sites (N-methyl/N-ethyl adjacent to an activating group) is 1. The molecule has 0 aromatic heterocycles. The van der Waals surface area contributed by atoms with Crippen LogP contribution in [0.2, 0.25) is 0 Å². The zero-order valence-electron chi connectivity index (χ0n) is 8.90. The first kappa shape index (κ1) is 10.8. The minimum absolute atomic E-state index is 0.455. The lowest BCUT2D eigenvalue weighted by molar-refractivity contribution is 0.375. The van der Waals surface area contributed by atoms with Crippen LogP contribution in [0.15, 0.2) is 30.3 Å². The maximum atomic E-state index is 5.37. The van der Waals surface area contributed by atoms with Crippen molar-refractivity contribution < 1.29 is 0 Å². The van der Waals surface area contributed by atoms with Gasteiger partial charge in [-0.2, -0.15) is 0 Å². The second kappa shape index (κ2) is 5.47. The summed E-state index contributed by atoms with van der Waals surface area (Å²) in [5.41, 5.74) is 1.33. The van der Waals surface area contributed by atoms with Crippen LogP contribution >= 0.6 is 0 Å². The Morgan fingerprint density at radius 1 is 1.29 bits per heavy atom. The van der Waals surface area contributed by atoms with Crippen molar-refractivity contribution in [2.24, 2.45) is 0 Å². The third-order valence-electron chi connectivity index (χ3n) is 2.22. The van der Waals surface area contributed by atoms with Crippen LogP contribution < -0.4 is 0 Å². The molecule has 74 valence electrons. The van der Waals surface area contributed by atoms with Gasteiger partial charge in [0.2, 0.25) is 0 Å². The maximum absolute atomic E-state index is 5.37. The molecular formula is C13H17N. The van der Waals surface area contributed by atoms with Gasteiger partial charge in [-0.3, -0.25) is 0 Å². The monoisotopic (exact) mass is 187 g/mol. The van der Waals surface area contributed by atoms with E-state index in [4.69, 9.17) is 6.42 Å². The Hall–Kier alpha value is -1.26. The molecule has 1 rings (SSSR count). The predicted molar refractivity (Wildman–Crippen MR) is 61.2 cm³/mol. The summed E-state index contributed by atoms with van der Waals surface area (Å²) in [5.74, 6) is 3.20. The first-order chi connectivity index (χ1) is 6.74. The molecule has 1 unspecified atom stereocenters. The fourth-order valence-electron chi connectivity index (χ4n) is 1.60. The highest BCUT2D eigenvalue weighted by Crippen LogP contribution is 2.19. The van der Waals surface area contributed by atoms with Gasteiger partial charge in [0.05, 0.1) is 0 Å². The topological polar surface area (TPSA) is 3.24 Å². The van der Waals surface area contributed by atoms with Gasteiger partial charge in [0, 0.05) is 18.9 Å². The number of hydrogen-bond acceptors (Lipinski definition) is 1. The average Bonchev–Trinajstić information content (AvgIpc) is 2.18.